The van der Waals surface area contributed by atoms with Gasteiger partial charge in [0.25, 0.3) is 0 Å². The lowest BCUT2D eigenvalue weighted by atomic mass is 10.1. The Morgan fingerprint density at radius 3 is 2.85 bits per heavy atom. The van der Waals surface area contributed by atoms with Crippen LogP contribution in [0.25, 0.3) is 5.65 Å². The Labute approximate surface area is 124 Å². The number of benzene rings is 1. The van der Waals surface area contributed by atoms with E-state index in [1.54, 1.807) is 18.2 Å². The van der Waals surface area contributed by atoms with E-state index in [9.17, 15) is 0 Å². The zero-order valence-corrected chi connectivity index (χ0v) is 12.0. The summed E-state index contributed by atoms with van der Waals surface area (Å²) < 4.78 is 1.36. The van der Waals surface area contributed by atoms with Gasteiger partial charge >= 0.3 is 0 Å². The second kappa shape index (κ2) is 5.22. The topological polar surface area (TPSA) is 68.0 Å². The smallest absolute Gasteiger partial charge is 0.200 e. The lowest BCUT2D eigenvalue weighted by Crippen LogP contribution is -2.10. The van der Waals surface area contributed by atoms with Crippen molar-refractivity contribution in [3.05, 3.63) is 45.9 Å². The number of nitrogens with one attached hydrogen (secondary N) is 1. The van der Waals surface area contributed by atoms with Crippen molar-refractivity contribution < 1.29 is 0 Å². The van der Waals surface area contributed by atoms with Gasteiger partial charge in [-0.1, -0.05) is 29.3 Å². The monoisotopic (exact) mass is 308 g/mol. The van der Waals surface area contributed by atoms with Gasteiger partial charge in [-0.25, -0.2) is 0 Å². The van der Waals surface area contributed by atoms with Gasteiger partial charge in [0, 0.05) is 10.0 Å². The second-order valence-corrected chi connectivity index (χ2v) is 5.12. The number of aromatic nitrogens is 5. The Morgan fingerprint density at radius 1 is 1.20 bits per heavy atom. The summed E-state index contributed by atoms with van der Waals surface area (Å²) in [5.41, 5.74) is 1.53. The van der Waals surface area contributed by atoms with E-state index < -0.39 is 0 Å². The van der Waals surface area contributed by atoms with Gasteiger partial charge in [-0.15, -0.1) is 14.8 Å². The summed E-state index contributed by atoms with van der Waals surface area (Å²) in [6, 6.07) is 8.98. The third-order valence-corrected chi connectivity index (χ3v) is 3.43. The molecule has 0 bridgehead atoms. The number of tetrazole rings is 1. The summed E-state index contributed by atoms with van der Waals surface area (Å²) >= 11 is 12.1. The van der Waals surface area contributed by atoms with Crippen LogP contribution in [-0.4, -0.2) is 25.3 Å². The van der Waals surface area contributed by atoms with Gasteiger partial charge in [0.1, 0.15) is 5.82 Å². The zero-order valence-electron chi connectivity index (χ0n) is 10.5. The first-order valence-corrected chi connectivity index (χ1v) is 6.66. The first-order valence-electron chi connectivity index (χ1n) is 5.90. The number of hydrogen-bond donors (Lipinski definition) is 1. The molecule has 0 aliphatic rings. The molecular formula is C12H10Cl2N6. The third-order valence-electron chi connectivity index (χ3n) is 2.86. The molecule has 1 N–H and O–H groups in total. The van der Waals surface area contributed by atoms with Crippen LogP contribution in [0.3, 0.4) is 0 Å². The molecule has 0 unspecified atom stereocenters. The number of hydrogen-bond acceptors (Lipinski definition) is 5. The number of rotatable bonds is 3. The SMILES string of the molecule is C[C@@H](Nc1ccc2nnnn2n1)c1ccc(Cl)cc1Cl. The molecule has 0 spiro atoms. The molecule has 0 radical (unpaired) electrons. The van der Waals surface area contributed by atoms with Crippen LogP contribution in [0.4, 0.5) is 5.82 Å². The number of anilines is 1. The highest BCUT2D eigenvalue weighted by atomic mass is 35.5. The second-order valence-electron chi connectivity index (χ2n) is 4.28. The van der Waals surface area contributed by atoms with Crippen molar-refractivity contribution in [2.45, 2.75) is 13.0 Å². The molecule has 0 saturated carbocycles. The van der Waals surface area contributed by atoms with Gasteiger partial charge in [0.05, 0.1) is 6.04 Å². The molecule has 6 nitrogen and oxygen atoms in total. The standard InChI is InChI=1S/C12H10Cl2N6/c1-7(9-3-2-8(13)6-10(9)14)15-11-4-5-12-16-18-19-20(12)17-11/h2-7H,1H3,(H,15,17)/t7-/m1/s1. The molecule has 0 aliphatic carbocycles. The minimum atomic E-state index is -0.0267. The Morgan fingerprint density at radius 2 is 2.05 bits per heavy atom. The molecule has 0 aliphatic heterocycles. The molecule has 1 atom stereocenters. The van der Waals surface area contributed by atoms with Crippen molar-refractivity contribution in [2.24, 2.45) is 0 Å². The Balaban J connectivity index is 1.85. The van der Waals surface area contributed by atoms with Crippen LogP contribution in [0.5, 0.6) is 0 Å². The van der Waals surface area contributed by atoms with Crippen molar-refractivity contribution in [1.29, 1.82) is 0 Å². The van der Waals surface area contributed by atoms with Crippen molar-refractivity contribution in [3.63, 3.8) is 0 Å². The highest BCUT2D eigenvalue weighted by Gasteiger charge is 2.11. The van der Waals surface area contributed by atoms with E-state index in [-0.39, 0.29) is 6.04 Å². The summed E-state index contributed by atoms with van der Waals surface area (Å²) in [6.07, 6.45) is 0. The van der Waals surface area contributed by atoms with Gasteiger partial charge in [0.2, 0.25) is 0 Å². The van der Waals surface area contributed by atoms with Crippen LogP contribution < -0.4 is 5.32 Å². The van der Waals surface area contributed by atoms with Crippen LogP contribution >= 0.6 is 23.2 Å². The maximum atomic E-state index is 6.19. The zero-order chi connectivity index (χ0) is 14.1. The molecule has 8 heteroatoms. The molecule has 3 rings (SSSR count). The minimum absolute atomic E-state index is 0.0267. The maximum Gasteiger partial charge on any atom is 0.200 e. The molecule has 0 fully saturated rings. The Bertz CT molecular complexity index is 757. The van der Waals surface area contributed by atoms with Crippen LogP contribution in [0.15, 0.2) is 30.3 Å². The van der Waals surface area contributed by atoms with E-state index in [0.717, 1.165) is 5.56 Å². The average molecular weight is 309 g/mol. The van der Waals surface area contributed by atoms with Gasteiger partial charge in [-0.05, 0) is 47.2 Å². The lowest BCUT2D eigenvalue weighted by molar-refractivity contribution is 0.728. The van der Waals surface area contributed by atoms with Gasteiger partial charge < -0.3 is 5.32 Å². The van der Waals surface area contributed by atoms with Crippen molar-refractivity contribution in [2.75, 3.05) is 5.32 Å². The summed E-state index contributed by atoms with van der Waals surface area (Å²) in [5.74, 6) is 0.656. The largest absolute Gasteiger partial charge is 0.362 e. The van der Waals surface area contributed by atoms with Crippen molar-refractivity contribution in [1.82, 2.24) is 25.3 Å². The predicted molar refractivity (Wildman–Crippen MR) is 77.1 cm³/mol. The van der Waals surface area contributed by atoms with Crippen molar-refractivity contribution in [3.8, 4) is 0 Å². The average Bonchev–Trinajstić information content (AvgIpc) is 2.85. The highest BCUT2D eigenvalue weighted by molar-refractivity contribution is 6.35. The maximum absolute atomic E-state index is 6.19. The molecule has 102 valence electrons. The molecule has 0 saturated heterocycles. The number of fused-ring (bicyclic) bond motifs is 1. The summed E-state index contributed by atoms with van der Waals surface area (Å²) in [6.45, 7) is 1.99. The summed E-state index contributed by atoms with van der Waals surface area (Å²) in [5, 5.41) is 19.8. The Kier molecular flexibility index (Phi) is 3.42. The molecule has 0 amide bonds. The van der Waals surface area contributed by atoms with E-state index in [0.29, 0.717) is 21.5 Å². The number of halogens is 2. The third kappa shape index (κ3) is 2.52. The molecule has 3 aromatic rings. The van der Waals surface area contributed by atoms with Crippen LogP contribution in [0.2, 0.25) is 10.0 Å². The summed E-state index contributed by atoms with van der Waals surface area (Å²) in [4.78, 5) is 0. The van der Waals surface area contributed by atoms with E-state index >= 15 is 0 Å². The van der Waals surface area contributed by atoms with Crippen LogP contribution in [0, 0.1) is 0 Å². The van der Waals surface area contributed by atoms with Crippen LogP contribution in [0.1, 0.15) is 18.5 Å². The normalized spacial score (nSPS) is 12.6. The van der Waals surface area contributed by atoms with E-state index in [1.165, 1.54) is 4.63 Å². The predicted octanol–water partition coefficient (Wildman–Crippen LogP) is 3.00. The van der Waals surface area contributed by atoms with Crippen molar-refractivity contribution >= 4 is 34.7 Å². The highest BCUT2D eigenvalue weighted by Crippen LogP contribution is 2.27. The first kappa shape index (κ1) is 13.1. The van der Waals surface area contributed by atoms with E-state index in [1.807, 2.05) is 19.1 Å². The van der Waals surface area contributed by atoms with Crippen LogP contribution in [-0.2, 0) is 0 Å². The molecular weight excluding hydrogens is 299 g/mol. The lowest BCUT2D eigenvalue weighted by Gasteiger charge is -2.16. The minimum Gasteiger partial charge on any atom is -0.362 e. The summed E-state index contributed by atoms with van der Waals surface area (Å²) in [7, 11) is 0. The molecule has 2 aromatic heterocycles. The quantitative estimate of drug-likeness (QED) is 0.805. The first-order chi connectivity index (χ1) is 9.63. The van der Waals surface area contributed by atoms with Gasteiger partial charge in [-0.2, -0.15) is 0 Å². The molecule has 2 heterocycles. The fraction of sp³-hybridized carbons (Fsp3) is 0.167. The van der Waals surface area contributed by atoms with E-state index in [4.69, 9.17) is 23.2 Å². The number of nitrogens with zero attached hydrogens (tertiary/aromatic N) is 5. The van der Waals surface area contributed by atoms with E-state index in [2.05, 4.69) is 25.9 Å². The Hall–Kier alpha value is -1.92. The fourth-order valence-corrected chi connectivity index (χ4v) is 2.45. The fourth-order valence-electron chi connectivity index (χ4n) is 1.88. The van der Waals surface area contributed by atoms with Gasteiger partial charge in [0.15, 0.2) is 5.65 Å². The molecule has 1 aromatic carbocycles. The van der Waals surface area contributed by atoms with Gasteiger partial charge in [-0.3, -0.25) is 0 Å². The molecule has 20 heavy (non-hydrogen) atoms.